The molecule has 1 spiro atoms. The Balaban J connectivity index is 1.75. The van der Waals surface area contributed by atoms with Crippen molar-refractivity contribution in [1.29, 1.82) is 0 Å². The van der Waals surface area contributed by atoms with E-state index in [1.165, 1.54) is 12.0 Å². The third kappa shape index (κ3) is 7.79. The number of hydrogen-bond acceptors (Lipinski definition) is 8. The molecule has 0 aromatic heterocycles. The van der Waals surface area contributed by atoms with Crippen LogP contribution in [-0.4, -0.2) is 101 Å². The number of esters is 1. The van der Waals surface area contributed by atoms with Gasteiger partial charge in [0.15, 0.2) is 0 Å². The number of carbonyl (C=O) groups is 4. The van der Waals surface area contributed by atoms with Crippen LogP contribution in [0.3, 0.4) is 0 Å². The van der Waals surface area contributed by atoms with Gasteiger partial charge < -0.3 is 34.4 Å². The smallest absolute Gasteiger partial charge is 0.313 e. The van der Waals surface area contributed by atoms with E-state index in [4.69, 9.17) is 14.2 Å². The minimum absolute atomic E-state index is 0.0627. The van der Waals surface area contributed by atoms with Crippen molar-refractivity contribution in [3.8, 4) is 0 Å². The van der Waals surface area contributed by atoms with Gasteiger partial charge in [-0.2, -0.15) is 0 Å². The van der Waals surface area contributed by atoms with Crippen LogP contribution in [0.1, 0.15) is 78.4 Å². The molecule has 11 heteroatoms. The van der Waals surface area contributed by atoms with Gasteiger partial charge in [-0.15, -0.1) is 13.2 Å². The summed E-state index contributed by atoms with van der Waals surface area (Å²) in [6.07, 6.45) is 3.76. The number of aliphatic hydroxyl groups excluding tert-OH is 1. The first-order chi connectivity index (χ1) is 23.2. The molecule has 1 aromatic carbocycles. The van der Waals surface area contributed by atoms with E-state index in [0.717, 1.165) is 0 Å². The molecule has 4 rings (SSSR count). The molecule has 3 saturated heterocycles. The Morgan fingerprint density at radius 1 is 1.18 bits per heavy atom. The van der Waals surface area contributed by atoms with Crippen LogP contribution < -0.4 is 5.32 Å². The van der Waals surface area contributed by atoms with E-state index in [-0.39, 0.29) is 43.9 Å². The van der Waals surface area contributed by atoms with Gasteiger partial charge in [-0.05, 0) is 57.9 Å². The third-order valence-corrected chi connectivity index (χ3v) is 9.98. The van der Waals surface area contributed by atoms with Gasteiger partial charge in [-0.3, -0.25) is 19.2 Å². The highest BCUT2D eigenvalue weighted by molar-refractivity contribution is 5.98. The van der Waals surface area contributed by atoms with Crippen molar-refractivity contribution in [3.63, 3.8) is 0 Å². The van der Waals surface area contributed by atoms with E-state index < -0.39 is 65.2 Å². The predicted octanol–water partition coefficient (Wildman–Crippen LogP) is 3.96. The van der Waals surface area contributed by atoms with Crippen LogP contribution in [0, 0.1) is 17.8 Å². The van der Waals surface area contributed by atoms with Crippen molar-refractivity contribution in [3.05, 3.63) is 61.2 Å². The number of methoxy groups -OCH3 is 1. The van der Waals surface area contributed by atoms with Crippen LogP contribution in [0.5, 0.6) is 0 Å². The summed E-state index contributed by atoms with van der Waals surface area (Å²) in [4.78, 5) is 59.9. The standard InChI is InChI=1S/C38H55N3O8/c1-9-11-17-29(43)39-27(23-47-8)32(25-15-13-12-14-16-25)48-36(46)30-28-18-19-38(49-28)31(30)34(44)41(26(22-42)21-24(3)4)33(38)35(45)40(20-10-2)37(5,6)7/h9-10,12-16,24,26-28,30-33,42H,1-2,11,17-23H2,3-8H3,(H,39,43)/t26-,27-,28-,30+,31+,32-,33-,38+/m1/s1. The van der Waals surface area contributed by atoms with Crippen LogP contribution in [0.25, 0.3) is 0 Å². The highest BCUT2D eigenvalue weighted by Gasteiger charge is 2.76. The fraction of sp³-hybridized carbons (Fsp3) is 0.632. The lowest BCUT2D eigenvalue weighted by molar-refractivity contribution is -0.164. The molecule has 0 radical (unpaired) electrons. The van der Waals surface area contributed by atoms with Crippen molar-refractivity contribution >= 4 is 23.7 Å². The van der Waals surface area contributed by atoms with Crippen molar-refractivity contribution in [1.82, 2.24) is 15.1 Å². The van der Waals surface area contributed by atoms with E-state index in [9.17, 15) is 24.3 Å². The molecule has 0 aliphatic carbocycles. The van der Waals surface area contributed by atoms with Crippen molar-refractivity contribution in [2.24, 2.45) is 17.8 Å². The summed E-state index contributed by atoms with van der Waals surface area (Å²) in [6, 6.07) is 6.68. The van der Waals surface area contributed by atoms with Crippen LogP contribution >= 0.6 is 0 Å². The Labute approximate surface area is 291 Å². The molecule has 270 valence electrons. The first-order valence-electron chi connectivity index (χ1n) is 17.4. The molecule has 49 heavy (non-hydrogen) atoms. The number of fused-ring (bicyclic) bond motifs is 1. The van der Waals surface area contributed by atoms with Gasteiger partial charge in [0.2, 0.25) is 17.7 Å². The zero-order valence-corrected chi connectivity index (χ0v) is 29.9. The van der Waals surface area contributed by atoms with Crippen LogP contribution in [0.4, 0.5) is 0 Å². The Bertz CT molecular complexity index is 1360. The van der Waals surface area contributed by atoms with Gasteiger partial charge in [0.25, 0.3) is 0 Å². The molecule has 1 aromatic rings. The molecule has 3 fully saturated rings. The van der Waals surface area contributed by atoms with E-state index in [0.29, 0.717) is 31.2 Å². The number of likely N-dealkylation sites (tertiary alicyclic amines) is 1. The number of hydrogen-bond donors (Lipinski definition) is 2. The Hall–Kier alpha value is -3.54. The zero-order chi connectivity index (χ0) is 36.1. The molecule has 0 unspecified atom stereocenters. The Morgan fingerprint density at radius 2 is 1.88 bits per heavy atom. The lowest BCUT2D eigenvalue weighted by Gasteiger charge is -2.43. The second kappa shape index (κ2) is 16.0. The lowest BCUT2D eigenvalue weighted by atomic mass is 9.70. The predicted molar refractivity (Wildman–Crippen MR) is 185 cm³/mol. The second-order valence-corrected chi connectivity index (χ2v) is 14.9. The number of nitrogens with one attached hydrogen (secondary N) is 1. The number of amides is 3. The minimum atomic E-state index is -1.27. The topological polar surface area (TPSA) is 135 Å². The molecule has 0 saturated carbocycles. The highest BCUT2D eigenvalue weighted by atomic mass is 16.6. The summed E-state index contributed by atoms with van der Waals surface area (Å²) in [6.45, 7) is 17.3. The van der Waals surface area contributed by atoms with Crippen LogP contribution in [-0.2, 0) is 33.4 Å². The molecular weight excluding hydrogens is 626 g/mol. The van der Waals surface area contributed by atoms with Crippen LogP contribution in [0.15, 0.2) is 55.6 Å². The summed E-state index contributed by atoms with van der Waals surface area (Å²) in [5.74, 6) is -3.44. The molecule has 2 N–H and O–H groups in total. The average Bonchev–Trinajstić information content (AvgIpc) is 3.70. The number of rotatable bonds is 17. The quantitative estimate of drug-likeness (QED) is 0.187. The molecule has 3 aliphatic rings. The summed E-state index contributed by atoms with van der Waals surface area (Å²) in [7, 11) is 1.51. The largest absolute Gasteiger partial charge is 0.455 e. The number of aliphatic hydroxyl groups is 1. The SMILES string of the molecule is C=CCCC(=O)N[C@H](COC)[C@H](OC(=O)[C@@H]1[C@H]2C(=O)N([C@@H](CO)CC(C)C)[C@H](C(=O)N(CC=C)C(C)(C)C)[C@]23CC[C@H]1O3)c1ccccc1. The second-order valence-electron chi connectivity index (χ2n) is 14.9. The van der Waals surface area contributed by atoms with E-state index in [2.05, 4.69) is 18.5 Å². The maximum Gasteiger partial charge on any atom is 0.313 e. The first-order valence-corrected chi connectivity index (χ1v) is 17.4. The summed E-state index contributed by atoms with van der Waals surface area (Å²) in [5, 5.41) is 13.6. The van der Waals surface area contributed by atoms with Gasteiger partial charge in [-0.1, -0.05) is 56.3 Å². The van der Waals surface area contributed by atoms with Crippen molar-refractivity contribution in [2.45, 2.75) is 108 Å². The van der Waals surface area contributed by atoms with Gasteiger partial charge in [-0.25, -0.2) is 0 Å². The van der Waals surface area contributed by atoms with Crippen LogP contribution in [0.2, 0.25) is 0 Å². The molecule has 2 bridgehead atoms. The number of ether oxygens (including phenoxy) is 3. The summed E-state index contributed by atoms with van der Waals surface area (Å²) >= 11 is 0. The molecule has 11 nitrogen and oxygen atoms in total. The monoisotopic (exact) mass is 681 g/mol. The van der Waals surface area contributed by atoms with E-state index in [1.54, 1.807) is 17.1 Å². The summed E-state index contributed by atoms with van der Waals surface area (Å²) in [5.41, 5.74) is -1.23. The number of allylic oxidation sites excluding steroid dienone is 1. The highest BCUT2D eigenvalue weighted by Crippen LogP contribution is 2.59. The van der Waals surface area contributed by atoms with Crippen molar-refractivity contribution in [2.75, 3.05) is 26.9 Å². The number of nitrogens with zero attached hydrogens (tertiary/aromatic N) is 2. The van der Waals surface area contributed by atoms with Gasteiger partial charge in [0.05, 0.1) is 43.2 Å². The Kier molecular flexibility index (Phi) is 12.5. The molecule has 3 amide bonds. The van der Waals surface area contributed by atoms with E-state index in [1.807, 2.05) is 65.0 Å². The molecule has 3 aliphatic heterocycles. The molecule has 3 heterocycles. The first kappa shape index (κ1) is 38.3. The van der Waals surface area contributed by atoms with Crippen molar-refractivity contribution < 1.29 is 38.5 Å². The molecular formula is C38H55N3O8. The number of benzene rings is 1. The Morgan fingerprint density at radius 3 is 2.45 bits per heavy atom. The third-order valence-electron chi connectivity index (χ3n) is 9.98. The maximum absolute atomic E-state index is 14.7. The fourth-order valence-corrected chi connectivity index (χ4v) is 7.95. The van der Waals surface area contributed by atoms with Gasteiger partial charge in [0.1, 0.15) is 17.7 Å². The minimum Gasteiger partial charge on any atom is -0.455 e. The van der Waals surface area contributed by atoms with E-state index >= 15 is 0 Å². The fourth-order valence-electron chi connectivity index (χ4n) is 7.95. The van der Waals surface area contributed by atoms with Gasteiger partial charge in [0, 0.05) is 25.6 Å². The average molecular weight is 682 g/mol. The normalized spacial score (nSPS) is 26.2. The molecule has 8 atom stereocenters. The summed E-state index contributed by atoms with van der Waals surface area (Å²) < 4.78 is 18.4. The number of carbonyl (C=O) groups excluding carboxylic acids is 4. The zero-order valence-electron chi connectivity index (χ0n) is 29.9. The lowest BCUT2D eigenvalue weighted by Crippen LogP contribution is -2.61. The maximum atomic E-state index is 14.7. The van der Waals surface area contributed by atoms with Gasteiger partial charge >= 0.3 is 5.97 Å².